The first-order valence-electron chi connectivity index (χ1n) is 8.80. The number of amides is 1. The maximum Gasteiger partial charge on any atom is 0.258 e. The lowest BCUT2D eigenvalue weighted by Gasteiger charge is -2.32. The second-order valence-electron chi connectivity index (χ2n) is 7.57. The van der Waals surface area contributed by atoms with Gasteiger partial charge in [-0.1, -0.05) is 38.1 Å². The van der Waals surface area contributed by atoms with E-state index in [1.165, 1.54) is 0 Å². The summed E-state index contributed by atoms with van der Waals surface area (Å²) in [7, 11) is 1.97. The number of aromatic nitrogens is 2. The second-order valence-corrected chi connectivity index (χ2v) is 7.57. The number of carbonyl (C=O) groups is 1. The van der Waals surface area contributed by atoms with Crippen molar-refractivity contribution in [2.75, 3.05) is 20.1 Å². The van der Waals surface area contributed by atoms with E-state index in [2.05, 4.69) is 15.5 Å². The summed E-state index contributed by atoms with van der Waals surface area (Å²) in [4.78, 5) is 19.4. The minimum absolute atomic E-state index is 0. The van der Waals surface area contributed by atoms with Gasteiger partial charge in [0.05, 0.1) is 11.1 Å². The van der Waals surface area contributed by atoms with Gasteiger partial charge in [-0.05, 0) is 32.0 Å². The third-order valence-corrected chi connectivity index (χ3v) is 4.68. The molecule has 142 valence electrons. The van der Waals surface area contributed by atoms with Crippen LogP contribution in [0.1, 0.15) is 49.8 Å². The van der Waals surface area contributed by atoms with Crippen LogP contribution in [-0.4, -0.2) is 47.1 Å². The van der Waals surface area contributed by atoms with Crippen LogP contribution in [0.2, 0.25) is 0 Å². The Labute approximate surface area is 160 Å². The van der Waals surface area contributed by atoms with Crippen molar-refractivity contribution >= 4 is 18.3 Å². The molecule has 0 aliphatic carbocycles. The molecule has 0 saturated carbocycles. The Balaban J connectivity index is 0.00000243. The van der Waals surface area contributed by atoms with E-state index in [4.69, 9.17) is 4.52 Å². The summed E-state index contributed by atoms with van der Waals surface area (Å²) >= 11 is 0. The first kappa shape index (κ1) is 20.4. The third-order valence-electron chi connectivity index (χ3n) is 4.68. The summed E-state index contributed by atoms with van der Waals surface area (Å²) in [6.07, 6.45) is 1.94. The standard InChI is InChI=1S/C19H26N4O2.ClH/c1-19(2,3)18-21-16(25-22-18)14-7-5-6-8-15(14)17(24)23-11-9-13(20-4)10-12-23;/h5-8,13,20H,9-12H2,1-4H3;1H. The van der Waals surface area contributed by atoms with Crippen molar-refractivity contribution in [2.45, 2.75) is 45.1 Å². The molecule has 1 aliphatic rings. The van der Waals surface area contributed by atoms with Gasteiger partial charge in [-0.25, -0.2) is 0 Å². The normalized spacial score (nSPS) is 15.6. The van der Waals surface area contributed by atoms with Crippen LogP contribution in [-0.2, 0) is 5.41 Å². The molecule has 7 heteroatoms. The Morgan fingerprint density at radius 1 is 1.23 bits per heavy atom. The molecule has 26 heavy (non-hydrogen) atoms. The number of piperidine rings is 1. The van der Waals surface area contributed by atoms with Crippen molar-refractivity contribution in [2.24, 2.45) is 0 Å². The lowest BCUT2D eigenvalue weighted by atomic mass is 9.96. The molecule has 0 atom stereocenters. The van der Waals surface area contributed by atoms with Crippen molar-refractivity contribution in [1.29, 1.82) is 0 Å². The molecule has 0 bridgehead atoms. The number of hydrogen-bond acceptors (Lipinski definition) is 5. The van der Waals surface area contributed by atoms with Crippen LogP contribution in [0.15, 0.2) is 28.8 Å². The SMILES string of the molecule is CNC1CCN(C(=O)c2ccccc2-c2nc(C(C)(C)C)no2)CC1.Cl. The summed E-state index contributed by atoms with van der Waals surface area (Å²) in [5, 5.41) is 7.36. The number of hydrogen-bond donors (Lipinski definition) is 1. The first-order valence-corrected chi connectivity index (χ1v) is 8.80. The topological polar surface area (TPSA) is 71.3 Å². The van der Waals surface area contributed by atoms with Crippen LogP contribution >= 0.6 is 12.4 Å². The Hall–Kier alpha value is -1.92. The molecule has 1 fully saturated rings. The van der Waals surface area contributed by atoms with E-state index < -0.39 is 0 Å². The number of carbonyl (C=O) groups excluding carboxylic acids is 1. The zero-order chi connectivity index (χ0) is 18.0. The van der Waals surface area contributed by atoms with E-state index in [-0.39, 0.29) is 23.7 Å². The lowest BCUT2D eigenvalue weighted by molar-refractivity contribution is 0.0708. The van der Waals surface area contributed by atoms with E-state index in [1.807, 2.05) is 57.0 Å². The van der Waals surface area contributed by atoms with Gasteiger partial charge in [0.2, 0.25) is 0 Å². The van der Waals surface area contributed by atoms with Gasteiger partial charge in [-0.3, -0.25) is 4.79 Å². The van der Waals surface area contributed by atoms with Crippen LogP contribution in [0, 0.1) is 0 Å². The highest BCUT2D eigenvalue weighted by Crippen LogP contribution is 2.27. The van der Waals surface area contributed by atoms with Gasteiger partial charge >= 0.3 is 0 Å². The third kappa shape index (κ3) is 4.24. The minimum Gasteiger partial charge on any atom is -0.339 e. The van der Waals surface area contributed by atoms with Crippen molar-refractivity contribution in [1.82, 2.24) is 20.4 Å². The zero-order valence-electron chi connectivity index (χ0n) is 15.8. The molecule has 2 aromatic rings. The predicted molar refractivity (Wildman–Crippen MR) is 104 cm³/mol. The van der Waals surface area contributed by atoms with Gasteiger partial charge in [-0.2, -0.15) is 4.98 Å². The molecule has 3 rings (SSSR count). The Bertz CT molecular complexity index is 746. The molecule has 0 spiro atoms. The van der Waals surface area contributed by atoms with Crippen molar-refractivity contribution in [3.05, 3.63) is 35.7 Å². The van der Waals surface area contributed by atoms with Crippen LogP contribution in [0.3, 0.4) is 0 Å². The number of nitrogens with one attached hydrogen (secondary N) is 1. The Kier molecular flexibility index (Phi) is 6.42. The maximum atomic E-state index is 13.0. The molecule has 0 radical (unpaired) electrons. The van der Waals surface area contributed by atoms with Crippen LogP contribution in [0.4, 0.5) is 0 Å². The molecule has 1 amide bonds. The van der Waals surface area contributed by atoms with Gasteiger partial charge < -0.3 is 14.7 Å². The lowest BCUT2D eigenvalue weighted by Crippen LogP contribution is -2.44. The fraction of sp³-hybridized carbons (Fsp3) is 0.526. The van der Waals surface area contributed by atoms with Crippen molar-refractivity contribution < 1.29 is 9.32 Å². The number of benzene rings is 1. The molecular formula is C19H27ClN4O2. The smallest absolute Gasteiger partial charge is 0.258 e. The largest absolute Gasteiger partial charge is 0.339 e. The summed E-state index contributed by atoms with van der Waals surface area (Å²) in [6, 6.07) is 7.96. The predicted octanol–water partition coefficient (Wildman–Crippen LogP) is 3.28. The molecule has 6 nitrogen and oxygen atoms in total. The van der Waals surface area contributed by atoms with Crippen LogP contribution < -0.4 is 5.32 Å². The van der Waals surface area contributed by atoms with Crippen molar-refractivity contribution in [3.8, 4) is 11.5 Å². The summed E-state index contributed by atoms with van der Waals surface area (Å²) < 4.78 is 5.45. The quantitative estimate of drug-likeness (QED) is 0.887. The number of halogens is 1. The highest BCUT2D eigenvalue weighted by Gasteiger charge is 2.27. The number of likely N-dealkylation sites (tertiary alicyclic amines) is 1. The van der Waals surface area contributed by atoms with E-state index >= 15 is 0 Å². The molecule has 1 aliphatic heterocycles. The van der Waals surface area contributed by atoms with Gasteiger partial charge in [0.25, 0.3) is 11.8 Å². The maximum absolute atomic E-state index is 13.0. The Morgan fingerprint density at radius 3 is 2.46 bits per heavy atom. The van der Waals surface area contributed by atoms with Gasteiger partial charge in [-0.15, -0.1) is 12.4 Å². The number of rotatable bonds is 3. The fourth-order valence-corrected chi connectivity index (χ4v) is 3.04. The molecule has 1 aromatic carbocycles. The molecular weight excluding hydrogens is 352 g/mol. The highest BCUT2D eigenvalue weighted by molar-refractivity contribution is 6.00. The fourth-order valence-electron chi connectivity index (χ4n) is 3.04. The number of nitrogens with zero attached hydrogens (tertiary/aromatic N) is 3. The monoisotopic (exact) mass is 378 g/mol. The molecule has 1 saturated heterocycles. The van der Waals surface area contributed by atoms with E-state index in [0.717, 1.165) is 25.9 Å². The average molecular weight is 379 g/mol. The van der Waals surface area contributed by atoms with E-state index in [1.54, 1.807) is 0 Å². The molecule has 1 aromatic heterocycles. The molecule has 0 unspecified atom stereocenters. The second kappa shape index (κ2) is 8.18. The summed E-state index contributed by atoms with van der Waals surface area (Å²) in [5.74, 6) is 1.07. The van der Waals surface area contributed by atoms with Gasteiger partial charge in [0.1, 0.15) is 0 Å². The average Bonchev–Trinajstić information content (AvgIpc) is 3.11. The summed E-state index contributed by atoms with van der Waals surface area (Å²) in [5.41, 5.74) is 1.12. The van der Waals surface area contributed by atoms with E-state index in [0.29, 0.717) is 28.9 Å². The van der Waals surface area contributed by atoms with Crippen LogP contribution in [0.25, 0.3) is 11.5 Å². The molecule has 2 heterocycles. The Morgan fingerprint density at radius 2 is 1.88 bits per heavy atom. The molecule has 1 N–H and O–H groups in total. The van der Waals surface area contributed by atoms with Gasteiger partial charge in [0, 0.05) is 24.5 Å². The first-order chi connectivity index (χ1) is 11.9. The zero-order valence-corrected chi connectivity index (χ0v) is 16.6. The van der Waals surface area contributed by atoms with Gasteiger partial charge in [0.15, 0.2) is 5.82 Å². The van der Waals surface area contributed by atoms with Crippen molar-refractivity contribution in [3.63, 3.8) is 0 Å². The highest BCUT2D eigenvalue weighted by atomic mass is 35.5. The summed E-state index contributed by atoms with van der Waals surface area (Å²) in [6.45, 7) is 7.62. The van der Waals surface area contributed by atoms with E-state index in [9.17, 15) is 4.79 Å². The van der Waals surface area contributed by atoms with Crippen LogP contribution in [0.5, 0.6) is 0 Å². The minimum atomic E-state index is -0.199.